The highest BCUT2D eigenvalue weighted by Gasteiger charge is 2.18. The van der Waals surface area contributed by atoms with Crippen LogP contribution in [0.25, 0.3) is 76.9 Å². The summed E-state index contributed by atoms with van der Waals surface area (Å²) in [4.78, 5) is 0. The molecule has 0 unspecified atom stereocenters. The lowest BCUT2D eigenvalue weighted by Gasteiger charge is -2.19. The summed E-state index contributed by atoms with van der Waals surface area (Å²) < 4.78 is 49.0. The Morgan fingerprint density at radius 3 is 1.77 bits per heavy atom. The second-order valence-electron chi connectivity index (χ2n) is 9.73. The second-order valence-corrected chi connectivity index (χ2v) is 9.73. The van der Waals surface area contributed by atoms with Crippen LogP contribution in [0.4, 0.5) is 0 Å². The zero-order valence-electron chi connectivity index (χ0n) is 25.9. The molecule has 0 spiro atoms. The Bertz CT molecular complexity index is 2410. The summed E-state index contributed by atoms with van der Waals surface area (Å²) in [5, 5.41) is 5.55. The Balaban J connectivity index is 1.55. The maximum absolute atomic E-state index is 8.88. The van der Waals surface area contributed by atoms with Crippen molar-refractivity contribution in [3.63, 3.8) is 0 Å². The van der Waals surface area contributed by atoms with Crippen LogP contribution in [0.1, 0.15) is 6.85 Å². The Kier molecular flexibility index (Phi) is 3.89. The van der Waals surface area contributed by atoms with Crippen molar-refractivity contribution >= 4 is 43.5 Å². The molecule has 0 saturated heterocycles. The van der Waals surface area contributed by atoms with Crippen LogP contribution < -0.4 is 0 Å². The van der Waals surface area contributed by atoms with Crippen molar-refractivity contribution in [2.75, 3.05) is 0 Å². The molecule has 1 aromatic heterocycles. The summed E-state index contributed by atoms with van der Waals surface area (Å²) in [7, 11) is 0. The van der Waals surface area contributed by atoms with Gasteiger partial charge in [-0.1, -0.05) is 121 Å². The van der Waals surface area contributed by atoms with Crippen molar-refractivity contribution in [3.8, 4) is 33.4 Å². The fourth-order valence-electron chi connectivity index (χ4n) is 5.83. The van der Waals surface area contributed by atoms with Gasteiger partial charge < -0.3 is 4.42 Å². The van der Waals surface area contributed by atoms with E-state index in [1.165, 1.54) is 0 Å². The van der Waals surface area contributed by atoms with Gasteiger partial charge in [0.2, 0.25) is 0 Å². The quantitative estimate of drug-likeness (QED) is 0.219. The molecule has 7 aromatic carbocycles. The molecular weight excluding hydrogens is 472 g/mol. The molecule has 8 rings (SSSR count). The number of fused-ring (bicyclic) bond motifs is 5. The smallest absolute Gasteiger partial charge is 0.135 e. The third-order valence-electron chi connectivity index (χ3n) is 7.55. The van der Waals surface area contributed by atoms with Gasteiger partial charge in [-0.25, -0.2) is 0 Å². The van der Waals surface area contributed by atoms with Crippen LogP contribution in [0.5, 0.6) is 0 Å². The monoisotopic (exact) mass is 501 g/mol. The Morgan fingerprint density at radius 1 is 0.385 bits per heavy atom. The van der Waals surface area contributed by atoms with Gasteiger partial charge in [-0.2, -0.15) is 0 Å². The predicted octanol–water partition coefficient (Wildman–Crippen LogP) is 10.9. The van der Waals surface area contributed by atoms with Crippen LogP contribution in [-0.4, -0.2) is 0 Å². The first-order valence-electron chi connectivity index (χ1n) is 15.4. The fourth-order valence-corrected chi connectivity index (χ4v) is 5.83. The van der Waals surface area contributed by atoms with Crippen LogP contribution in [0.15, 0.2) is 150 Å². The largest absolute Gasteiger partial charge is 0.456 e. The molecule has 0 amide bonds. The Hall–Kier alpha value is -5.14. The molecule has 1 heteroatoms. The normalized spacial score (nSPS) is 13.4. The van der Waals surface area contributed by atoms with Crippen LogP contribution in [-0.2, 0) is 0 Å². The zero-order chi connectivity index (χ0) is 30.1. The van der Waals surface area contributed by atoms with Gasteiger partial charge >= 0.3 is 0 Å². The summed E-state index contributed by atoms with van der Waals surface area (Å²) in [5.74, 6) is 0. The van der Waals surface area contributed by atoms with Crippen molar-refractivity contribution in [2.24, 2.45) is 0 Å². The molecule has 39 heavy (non-hydrogen) atoms. The first-order valence-corrected chi connectivity index (χ1v) is 12.9. The molecular formula is C38H24O. The molecule has 182 valence electrons. The van der Waals surface area contributed by atoms with E-state index >= 15 is 0 Å². The molecule has 0 saturated carbocycles. The molecule has 0 aliphatic rings. The standard InChI is InChI=1S/C38H24O/c1-3-11-25(12-4-1)27-19-21-32-34(23-27)38(28-20-22-36-33(24-28)29-15-9-10-18-35(29)39-36)31-17-8-7-16-30(31)37(32)26-13-5-2-6-14-26/h1-24H/i2D,5D,6D,13D,14D. The number of hydrogen-bond acceptors (Lipinski definition) is 1. The van der Waals surface area contributed by atoms with Crippen molar-refractivity contribution in [1.82, 2.24) is 0 Å². The minimum absolute atomic E-state index is 0.201. The van der Waals surface area contributed by atoms with E-state index in [2.05, 4.69) is 42.5 Å². The van der Waals surface area contributed by atoms with E-state index < -0.39 is 6.04 Å². The van der Waals surface area contributed by atoms with Crippen LogP contribution in [0.3, 0.4) is 0 Å². The van der Waals surface area contributed by atoms with E-state index in [9.17, 15) is 0 Å². The molecule has 0 aliphatic carbocycles. The van der Waals surface area contributed by atoms with Crippen molar-refractivity contribution < 1.29 is 11.3 Å². The first kappa shape index (κ1) is 17.4. The zero-order valence-corrected chi connectivity index (χ0v) is 20.9. The van der Waals surface area contributed by atoms with Gasteiger partial charge in [-0.3, -0.25) is 0 Å². The number of furan rings is 1. The maximum atomic E-state index is 8.88. The summed E-state index contributed by atoms with van der Waals surface area (Å²) in [6.07, 6.45) is 0. The van der Waals surface area contributed by atoms with Gasteiger partial charge in [0.1, 0.15) is 11.2 Å². The fraction of sp³-hybridized carbons (Fsp3) is 0. The third-order valence-corrected chi connectivity index (χ3v) is 7.55. The molecule has 1 heterocycles. The van der Waals surface area contributed by atoms with Gasteiger partial charge in [0.25, 0.3) is 0 Å². The van der Waals surface area contributed by atoms with E-state index in [0.717, 1.165) is 65.7 Å². The third kappa shape index (κ3) is 3.48. The predicted molar refractivity (Wildman–Crippen MR) is 165 cm³/mol. The Labute approximate surface area is 233 Å². The number of hydrogen-bond donors (Lipinski definition) is 0. The summed E-state index contributed by atoms with van der Waals surface area (Å²) in [5.41, 5.74) is 6.57. The number of para-hydroxylation sites is 1. The molecule has 1 nitrogen and oxygen atoms in total. The van der Waals surface area contributed by atoms with Gasteiger partial charge in [0.15, 0.2) is 0 Å². The molecule has 0 fully saturated rings. The van der Waals surface area contributed by atoms with E-state index in [0.29, 0.717) is 5.56 Å². The molecule has 0 bridgehead atoms. The van der Waals surface area contributed by atoms with Gasteiger partial charge in [0.05, 0.1) is 6.85 Å². The van der Waals surface area contributed by atoms with Crippen LogP contribution >= 0.6 is 0 Å². The molecule has 0 N–H and O–H groups in total. The summed E-state index contributed by atoms with van der Waals surface area (Å²) >= 11 is 0. The van der Waals surface area contributed by atoms with Crippen molar-refractivity contribution in [2.45, 2.75) is 0 Å². The van der Waals surface area contributed by atoms with Gasteiger partial charge in [-0.05, 0) is 79.2 Å². The van der Waals surface area contributed by atoms with Gasteiger partial charge in [0, 0.05) is 10.8 Å². The molecule has 0 aliphatic heterocycles. The highest BCUT2D eigenvalue weighted by atomic mass is 16.3. The van der Waals surface area contributed by atoms with Crippen LogP contribution in [0, 0.1) is 0 Å². The SMILES string of the molecule is [2H]c1c([2H])c([2H])c(-c2c3ccccc3c(-c3ccc4oc5ccccc5c4c3)c3cc(-c4ccccc4)ccc23)c([2H])c1[2H]. The van der Waals surface area contributed by atoms with Crippen molar-refractivity contribution in [3.05, 3.63) is 145 Å². The highest BCUT2D eigenvalue weighted by Crippen LogP contribution is 2.45. The summed E-state index contributed by atoms with van der Waals surface area (Å²) in [6, 6.07) is 37.1. The molecule has 8 aromatic rings. The molecule has 0 radical (unpaired) electrons. The van der Waals surface area contributed by atoms with Gasteiger partial charge in [-0.15, -0.1) is 0 Å². The van der Waals surface area contributed by atoms with Crippen LogP contribution in [0.2, 0.25) is 0 Å². The van der Waals surface area contributed by atoms with Crippen molar-refractivity contribution in [1.29, 1.82) is 0 Å². The second kappa shape index (κ2) is 8.72. The number of benzene rings is 7. The lowest BCUT2D eigenvalue weighted by atomic mass is 9.84. The minimum atomic E-state index is -0.402. The average Bonchev–Trinajstić information content (AvgIpc) is 3.44. The van der Waals surface area contributed by atoms with E-state index in [4.69, 9.17) is 11.3 Å². The highest BCUT2D eigenvalue weighted by molar-refractivity contribution is 6.22. The summed E-state index contributed by atoms with van der Waals surface area (Å²) in [6.45, 7) is 0. The Morgan fingerprint density at radius 2 is 0.974 bits per heavy atom. The van der Waals surface area contributed by atoms with E-state index in [1.54, 1.807) is 0 Å². The average molecular weight is 502 g/mol. The number of rotatable bonds is 3. The topological polar surface area (TPSA) is 13.1 Å². The minimum Gasteiger partial charge on any atom is -0.456 e. The maximum Gasteiger partial charge on any atom is 0.135 e. The first-order chi connectivity index (χ1) is 21.4. The lowest BCUT2D eigenvalue weighted by Crippen LogP contribution is -1.91. The van der Waals surface area contributed by atoms with E-state index in [1.807, 2.05) is 72.8 Å². The lowest BCUT2D eigenvalue weighted by molar-refractivity contribution is 0.669. The molecule has 0 atom stereocenters. The van der Waals surface area contributed by atoms with E-state index in [-0.39, 0.29) is 29.7 Å².